The summed E-state index contributed by atoms with van der Waals surface area (Å²) in [4.78, 5) is 22.2. The molecule has 0 spiro atoms. The molecule has 68 heavy (non-hydrogen) atoms. The number of aryl methyl sites for hydroxylation is 2. The Morgan fingerprint density at radius 2 is 0.721 bits per heavy atom. The Kier molecular flexibility index (Phi) is 19.2. The number of hydrogen-bond acceptors (Lipinski definition) is 8. The summed E-state index contributed by atoms with van der Waals surface area (Å²) < 4.78 is 33.8. The van der Waals surface area contributed by atoms with E-state index in [1.807, 2.05) is 147 Å². The maximum Gasteiger partial charge on any atom is 0.330 e. The number of ether oxygens (including phenoxy) is 6. The average molecular weight is 903 g/mol. The molecule has 0 aliphatic heterocycles. The van der Waals surface area contributed by atoms with Gasteiger partial charge in [-0.05, 0) is 171 Å². The molecular weight excluding hydrogens is 849 g/mol. The maximum atomic E-state index is 11.1. The van der Waals surface area contributed by atoms with Gasteiger partial charge in [0.2, 0.25) is 0 Å². The Morgan fingerprint density at radius 3 is 1.06 bits per heavy atom. The van der Waals surface area contributed by atoms with Crippen LogP contribution >= 0.6 is 0 Å². The van der Waals surface area contributed by atoms with Gasteiger partial charge in [-0.15, -0.1) is 0 Å². The highest BCUT2D eigenvalue weighted by Crippen LogP contribution is 2.23. The Balaban J connectivity index is 0.893. The smallest absolute Gasteiger partial charge is 0.330 e. The molecule has 0 aliphatic carbocycles. The predicted molar refractivity (Wildman–Crippen MR) is 266 cm³/mol. The highest BCUT2D eigenvalue weighted by molar-refractivity contribution is 5.81. The topological polar surface area (TPSA) is 89.5 Å². The lowest BCUT2D eigenvalue weighted by Crippen LogP contribution is -2.04. The minimum atomic E-state index is -0.407. The van der Waals surface area contributed by atoms with Crippen LogP contribution in [0.4, 0.5) is 0 Å². The number of hydrogen-bond donors (Lipinski definition) is 0. The quantitative estimate of drug-likeness (QED) is 0.0324. The molecule has 342 valence electrons. The molecule has 0 fully saturated rings. The Labute approximate surface area is 400 Å². The van der Waals surface area contributed by atoms with Crippen molar-refractivity contribution in [2.45, 2.75) is 52.7 Å². The van der Waals surface area contributed by atoms with Crippen LogP contribution in [0.15, 0.2) is 159 Å². The number of rotatable bonds is 20. The van der Waals surface area contributed by atoms with Crippen LogP contribution in [0.25, 0.3) is 0 Å². The lowest BCUT2D eigenvalue weighted by molar-refractivity contribution is -0.138. The first-order chi connectivity index (χ1) is 33.2. The summed E-state index contributed by atoms with van der Waals surface area (Å²) in [5.74, 6) is 21.8. The van der Waals surface area contributed by atoms with Crippen molar-refractivity contribution in [1.82, 2.24) is 0 Å². The molecule has 0 aliphatic rings. The van der Waals surface area contributed by atoms with Gasteiger partial charge in [0.05, 0.1) is 26.4 Å². The van der Waals surface area contributed by atoms with Gasteiger partial charge in [0, 0.05) is 45.5 Å². The van der Waals surface area contributed by atoms with E-state index in [4.69, 9.17) is 28.4 Å². The van der Waals surface area contributed by atoms with Crippen LogP contribution in [0.5, 0.6) is 23.0 Å². The van der Waals surface area contributed by atoms with E-state index in [1.54, 1.807) is 0 Å². The Bertz CT molecular complexity index is 2630. The second kappa shape index (κ2) is 26.5. The van der Waals surface area contributed by atoms with Gasteiger partial charge < -0.3 is 28.4 Å². The number of carbonyl (C=O) groups is 2. The highest BCUT2D eigenvalue weighted by Gasteiger charge is 2.05. The van der Waals surface area contributed by atoms with Crippen LogP contribution in [-0.4, -0.2) is 38.4 Å². The molecule has 0 radical (unpaired) electrons. The van der Waals surface area contributed by atoms with E-state index in [0.29, 0.717) is 39.6 Å². The second-order valence-corrected chi connectivity index (χ2v) is 15.6. The third kappa shape index (κ3) is 16.9. The standard InChI is InChI=1S/C60H54O8/c1-5-59(61)65-39-9-7-37-63-55-31-25-49(26-32-55)13-19-51-29-35-57(45(3)41-51)67-43-53-21-15-47(16-22-53)11-12-48-17-23-54(24-18-48)44-68-58-36-30-52(42-46(58)4)20-14-50-27-33-56(34-28-50)64-38-8-10-40-66-60(62)6-2/h5-6,15-18,21-36,41-42H,1-2,7-10,37-40,43-44H2,3-4H3. The summed E-state index contributed by atoms with van der Waals surface area (Å²) in [5, 5.41) is 0. The fourth-order valence-electron chi connectivity index (χ4n) is 6.42. The minimum Gasteiger partial charge on any atom is -0.494 e. The molecule has 0 saturated heterocycles. The van der Waals surface area contributed by atoms with Gasteiger partial charge in [0.25, 0.3) is 0 Å². The largest absolute Gasteiger partial charge is 0.494 e. The maximum absolute atomic E-state index is 11.1. The van der Waals surface area contributed by atoms with Crippen molar-refractivity contribution in [2.24, 2.45) is 0 Å². The first-order valence-corrected chi connectivity index (χ1v) is 22.5. The molecule has 0 amide bonds. The van der Waals surface area contributed by atoms with E-state index < -0.39 is 11.9 Å². The average Bonchev–Trinajstić information content (AvgIpc) is 3.37. The van der Waals surface area contributed by atoms with Crippen molar-refractivity contribution in [2.75, 3.05) is 26.4 Å². The van der Waals surface area contributed by atoms with Gasteiger partial charge in [-0.2, -0.15) is 0 Å². The van der Waals surface area contributed by atoms with Crippen molar-refractivity contribution in [3.05, 3.63) is 214 Å². The lowest BCUT2D eigenvalue weighted by atomic mass is 10.1. The van der Waals surface area contributed by atoms with Crippen LogP contribution in [0, 0.1) is 49.4 Å². The van der Waals surface area contributed by atoms with Crippen molar-refractivity contribution < 1.29 is 38.0 Å². The predicted octanol–water partition coefficient (Wildman–Crippen LogP) is 11.4. The summed E-state index contributed by atoms with van der Waals surface area (Å²) in [7, 11) is 0. The Morgan fingerprint density at radius 1 is 0.412 bits per heavy atom. The van der Waals surface area contributed by atoms with Crippen LogP contribution < -0.4 is 18.9 Å². The normalized spacial score (nSPS) is 10.1. The molecular formula is C60H54O8. The lowest BCUT2D eigenvalue weighted by Gasteiger charge is -2.10. The fraction of sp³-hybridized carbons (Fsp3) is 0.200. The molecule has 6 aromatic rings. The van der Waals surface area contributed by atoms with Crippen molar-refractivity contribution in [3.63, 3.8) is 0 Å². The molecule has 6 aromatic carbocycles. The zero-order valence-electron chi connectivity index (χ0n) is 38.6. The van der Waals surface area contributed by atoms with Gasteiger partial charge in [0.15, 0.2) is 0 Å². The van der Waals surface area contributed by atoms with Crippen molar-refractivity contribution in [1.29, 1.82) is 0 Å². The minimum absolute atomic E-state index is 0.357. The van der Waals surface area contributed by atoms with E-state index >= 15 is 0 Å². The first-order valence-electron chi connectivity index (χ1n) is 22.5. The molecule has 0 atom stereocenters. The third-order valence-corrected chi connectivity index (χ3v) is 10.2. The van der Waals surface area contributed by atoms with E-state index in [0.717, 1.165) is 116 Å². The van der Waals surface area contributed by atoms with Gasteiger partial charge >= 0.3 is 11.9 Å². The molecule has 0 unspecified atom stereocenters. The fourth-order valence-corrected chi connectivity index (χ4v) is 6.42. The number of carbonyl (C=O) groups excluding carboxylic acids is 2. The monoisotopic (exact) mass is 902 g/mol. The van der Waals surface area contributed by atoms with Crippen LogP contribution in [-0.2, 0) is 32.3 Å². The van der Waals surface area contributed by atoms with Gasteiger partial charge in [-0.1, -0.05) is 72.9 Å². The van der Waals surface area contributed by atoms with Crippen LogP contribution in [0.3, 0.4) is 0 Å². The highest BCUT2D eigenvalue weighted by atomic mass is 16.5. The molecule has 0 bridgehead atoms. The van der Waals surface area contributed by atoms with E-state index in [1.165, 1.54) is 0 Å². The molecule has 8 nitrogen and oxygen atoms in total. The molecule has 8 heteroatoms. The van der Waals surface area contributed by atoms with Gasteiger partial charge in [-0.3, -0.25) is 0 Å². The van der Waals surface area contributed by atoms with Crippen molar-refractivity contribution >= 4 is 11.9 Å². The summed E-state index contributed by atoms with van der Waals surface area (Å²) in [6.07, 6.45) is 5.33. The summed E-state index contributed by atoms with van der Waals surface area (Å²) in [6, 6.07) is 43.5. The summed E-state index contributed by atoms with van der Waals surface area (Å²) in [5.41, 5.74) is 9.54. The van der Waals surface area contributed by atoms with E-state index in [-0.39, 0.29) is 0 Å². The van der Waals surface area contributed by atoms with Gasteiger partial charge in [-0.25, -0.2) is 9.59 Å². The third-order valence-electron chi connectivity index (χ3n) is 10.2. The molecule has 0 heterocycles. The summed E-state index contributed by atoms with van der Waals surface area (Å²) >= 11 is 0. The second-order valence-electron chi connectivity index (χ2n) is 15.6. The van der Waals surface area contributed by atoms with E-state index in [2.05, 4.69) is 48.7 Å². The molecule has 0 aromatic heterocycles. The van der Waals surface area contributed by atoms with Crippen LogP contribution in [0.1, 0.15) is 81.3 Å². The SMILES string of the molecule is C=CC(=O)OCCCCOc1ccc(C#Cc2ccc(OCc3ccc(C#Cc4ccc(COc5ccc(C#Cc6ccc(OCCCCOC(=O)C=C)cc6)cc5C)cc4)cc3)c(C)c2)cc1. The first kappa shape index (κ1) is 49.1. The summed E-state index contributed by atoms with van der Waals surface area (Å²) in [6.45, 7) is 13.5. The molecule has 6 rings (SSSR count). The Hall–Kier alpha value is -8.38. The molecule has 0 N–H and O–H groups in total. The van der Waals surface area contributed by atoms with Gasteiger partial charge in [0.1, 0.15) is 36.2 Å². The zero-order valence-corrected chi connectivity index (χ0v) is 38.6. The number of unbranched alkanes of at least 4 members (excludes halogenated alkanes) is 2. The number of benzene rings is 6. The molecule has 0 saturated carbocycles. The van der Waals surface area contributed by atoms with E-state index in [9.17, 15) is 9.59 Å². The van der Waals surface area contributed by atoms with Crippen molar-refractivity contribution in [3.8, 4) is 58.5 Å². The number of esters is 2. The zero-order chi connectivity index (χ0) is 47.8. The van der Waals surface area contributed by atoms with Crippen LogP contribution in [0.2, 0.25) is 0 Å².